The van der Waals surface area contributed by atoms with E-state index >= 15 is 0 Å². The zero-order chi connectivity index (χ0) is 17.4. The van der Waals surface area contributed by atoms with E-state index in [1.165, 1.54) is 12.1 Å². The maximum absolute atomic E-state index is 13.0. The predicted molar refractivity (Wildman–Crippen MR) is 90.6 cm³/mol. The summed E-state index contributed by atoms with van der Waals surface area (Å²) in [5, 5.41) is 10.4. The van der Waals surface area contributed by atoms with Crippen LogP contribution in [0.1, 0.15) is 41.4 Å². The van der Waals surface area contributed by atoms with Crippen LogP contribution in [0.15, 0.2) is 47.1 Å². The summed E-state index contributed by atoms with van der Waals surface area (Å²) in [6.07, 6.45) is 3.05. The molecular weight excluding hydrogens is 323 g/mol. The Labute approximate surface area is 144 Å². The van der Waals surface area contributed by atoms with Gasteiger partial charge in [-0.25, -0.2) is 4.39 Å². The molecule has 0 radical (unpaired) electrons. The number of carbonyl (C=O) groups excluding carboxylic acids is 1. The van der Waals surface area contributed by atoms with Crippen molar-refractivity contribution in [2.24, 2.45) is 0 Å². The summed E-state index contributed by atoms with van der Waals surface area (Å²) < 4.78 is 18.3. The molecule has 1 amide bonds. The molecule has 0 saturated carbocycles. The van der Waals surface area contributed by atoms with E-state index in [1.54, 1.807) is 35.4 Å². The Morgan fingerprint density at radius 3 is 2.92 bits per heavy atom. The van der Waals surface area contributed by atoms with E-state index in [2.05, 4.69) is 4.98 Å². The van der Waals surface area contributed by atoms with Gasteiger partial charge in [-0.05, 0) is 37.0 Å². The molecule has 0 bridgehead atoms. The number of halogens is 1. The number of nitrogens with zero attached hydrogens (tertiary/aromatic N) is 1. The van der Waals surface area contributed by atoms with Crippen LogP contribution in [0.3, 0.4) is 0 Å². The molecule has 2 atom stereocenters. The summed E-state index contributed by atoms with van der Waals surface area (Å²) in [6, 6.07) is 9.30. The smallest absolute Gasteiger partial charge is 0.270 e. The fraction of sp³-hybridized carbons (Fsp3) is 0.316. The number of aliphatic hydroxyl groups excluding tert-OH is 1. The molecule has 1 aliphatic heterocycles. The zero-order valence-corrected chi connectivity index (χ0v) is 13.6. The van der Waals surface area contributed by atoms with Crippen molar-refractivity contribution in [1.29, 1.82) is 0 Å². The van der Waals surface area contributed by atoms with Gasteiger partial charge in [-0.2, -0.15) is 0 Å². The van der Waals surface area contributed by atoms with Crippen LogP contribution >= 0.6 is 0 Å². The summed E-state index contributed by atoms with van der Waals surface area (Å²) in [5.41, 5.74) is 2.62. The highest BCUT2D eigenvalue weighted by atomic mass is 19.1. The lowest BCUT2D eigenvalue weighted by Gasteiger charge is -2.26. The van der Waals surface area contributed by atoms with Gasteiger partial charge >= 0.3 is 0 Å². The molecular formula is C19H19FN2O3. The number of aromatic nitrogens is 1. The lowest BCUT2D eigenvalue weighted by Crippen LogP contribution is -2.36. The van der Waals surface area contributed by atoms with Crippen LogP contribution in [0.4, 0.5) is 4.39 Å². The normalized spacial score (nSPS) is 18.8. The largest absolute Gasteiger partial charge is 0.463 e. The SMILES string of the molecule is O=C(c1cc2occc2[nH]1)N1CCCC1CC(O)c1ccc(F)cc1. The van der Waals surface area contributed by atoms with Crippen molar-refractivity contribution in [2.75, 3.05) is 6.54 Å². The van der Waals surface area contributed by atoms with Gasteiger partial charge in [0.05, 0.1) is 17.9 Å². The summed E-state index contributed by atoms with van der Waals surface area (Å²) in [4.78, 5) is 17.7. The molecule has 1 fully saturated rings. The fourth-order valence-electron chi connectivity index (χ4n) is 3.55. The van der Waals surface area contributed by atoms with Crippen molar-refractivity contribution in [1.82, 2.24) is 9.88 Å². The predicted octanol–water partition coefficient (Wildman–Crippen LogP) is 3.63. The number of aromatic amines is 1. The van der Waals surface area contributed by atoms with E-state index in [1.807, 2.05) is 0 Å². The quantitative estimate of drug-likeness (QED) is 0.761. The number of hydrogen-bond acceptors (Lipinski definition) is 3. The van der Waals surface area contributed by atoms with Crippen LogP contribution in [-0.2, 0) is 0 Å². The molecule has 1 saturated heterocycles. The molecule has 3 aromatic rings. The number of amides is 1. The van der Waals surface area contributed by atoms with Crippen molar-refractivity contribution >= 4 is 17.0 Å². The average molecular weight is 342 g/mol. The van der Waals surface area contributed by atoms with Crippen molar-refractivity contribution in [2.45, 2.75) is 31.4 Å². The molecule has 2 unspecified atom stereocenters. The summed E-state index contributed by atoms with van der Waals surface area (Å²) >= 11 is 0. The zero-order valence-electron chi connectivity index (χ0n) is 13.6. The molecule has 0 spiro atoms. The molecule has 5 nitrogen and oxygen atoms in total. The minimum atomic E-state index is -0.723. The summed E-state index contributed by atoms with van der Waals surface area (Å²) in [6.45, 7) is 0.667. The Morgan fingerprint density at radius 1 is 1.36 bits per heavy atom. The van der Waals surface area contributed by atoms with Crippen LogP contribution in [0, 0.1) is 5.82 Å². The molecule has 1 aromatic carbocycles. The number of nitrogens with one attached hydrogen (secondary N) is 1. The summed E-state index contributed by atoms with van der Waals surface area (Å²) in [7, 11) is 0. The van der Waals surface area contributed by atoms with Gasteiger partial charge in [-0.15, -0.1) is 0 Å². The lowest BCUT2D eigenvalue weighted by molar-refractivity contribution is 0.0662. The minimum absolute atomic E-state index is 0.0397. The third-order valence-corrected chi connectivity index (χ3v) is 4.86. The first-order chi connectivity index (χ1) is 12.1. The monoisotopic (exact) mass is 342 g/mol. The Hall–Kier alpha value is -2.60. The number of aliphatic hydroxyl groups is 1. The highest BCUT2D eigenvalue weighted by Gasteiger charge is 2.32. The first-order valence-corrected chi connectivity index (χ1v) is 8.42. The second kappa shape index (κ2) is 6.37. The standard InChI is InChI=1S/C19H19FN2O3/c20-13-5-3-12(4-6-13)17(23)10-14-2-1-8-22(14)19(24)16-11-18-15(21-16)7-9-25-18/h3-7,9,11,14,17,21,23H,1-2,8,10H2. The van der Waals surface area contributed by atoms with E-state index < -0.39 is 6.10 Å². The van der Waals surface area contributed by atoms with Crippen LogP contribution in [0.5, 0.6) is 0 Å². The maximum atomic E-state index is 13.0. The van der Waals surface area contributed by atoms with Crippen LogP contribution < -0.4 is 0 Å². The second-order valence-electron chi connectivity index (χ2n) is 6.48. The van der Waals surface area contributed by atoms with E-state index in [4.69, 9.17) is 4.42 Å². The number of rotatable bonds is 4. The number of fused-ring (bicyclic) bond motifs is 1. The maximum Gasteiger partial charge on any atom is 0.270 e. The molecule has 1 aliphatic rings. The van der Waals surface area contributed by atoms with Crippen LogP contribution in [-0.4, -0.2) is 33.5 Å². The van der Waals surface area contributed by atoms with Gasteiger partial charge < -0.3 is 19.4 Å². The van der Waals surface area contributed by atoms with E-state index in [0.29, 0.717) is 29.8 Å². The van der Waals surface area contributed by atoms with Crippen molar-refractivity contribution in [3.05, 3.63) is 59.7 Å². The number of carbonyl (C=O) groups is 1. The van der Waals surface area contributed by atoms with Crippen LogP contribution in [0.2, 0.25) is 0 Å². The van der Waals surface area contributed by atoms with E-state index in [-0.39, 0.29) is 17.8 Å². The molecule has 0 aliphatic carbocycles. The topological polar surface area (TPSA) is 69.5 Å². The Balaban J connectivity index is 1.48. The number of H-pyrrole nitrogens is 1. The molecule has 2 N–H and O–H groups in total. The highest BCUT2D eigenvalue weighted by Crippen LogP contribution is 2.29. The molecule has 25 heavy (non-hydrogen) atoms. The Kier molecular flexibility index (Phi) is 4.05. The molecule has 130 valence electrons. The Bertz CT molecular complexity index is 855. The third kappa shape index (κ3) is 3.05. The fourth-order valence-corrected chi connectivity index (χ4v) is 3.55. The second-order valence-corrected chi connectivity index (χ2v) is 6.48. The molecule has 2 aromatic heterocycles. The summed E-state index contributed by atoms with van der Waals surface area (Å²) in [5.74, 6) is -0.412. The first kappa shape index (κ1) is 15.9. The van der Waals surface area contributed by atoms with Gasteiger partial charge in [0, 0.05) is 24.7 Å². The number of hydrogen-bond donors (Lipinski definition) is 2. The number of likely N-dealkylation sites (tertiary alicyclic amines) is 1. The van der Waals surface area contributed by atoms with Gasteiger partial charge in [0.15, 0.2) is 5.58 Å². The van der Waals surface area contributed by atoms with Gasteiger partial charge in [0.1, 0.15) is 11.5 Å². The molecule has 4 rings (SSSR count). The van der Waals surface area contributed by atoms with Gasteiger partial charge in [-0.1, -0.05) is 12.1 Å². The number of furan rings is 1. The van der Waals surface area contributed by atoms with Crippen molar-refractivity contribution < 1.29 is 18.7 Å². The molecule has 3 heterocycles. The average Bonchev–Trinajstić information content (AvgIpc) is 3.30. The van der Waals surface area contributed by atoms with Gasteiger partial charge in [0.2, 0.25) is 0 Å². The van der Waals surface area contributed by atoms with Crippen molar-refractivity contribution in [3.8, 4) is 0 Å². The minimum Gasteiger partial charge on any atom is -0.463 e. The van der Waals surface area contributed by atoms with E-state index in [0.717, 1.165) is 18.4 Å². The first-order valence-electron chi connectivity index (χ1n) is 8.42. The lowest BCUT2D eigenvalue weighted by atomic mass is 10.0. The Morgan fingerprint density at radius 2 is 2.16 bits per heavy atom. The van der Waals surface area contributed by atoms with Gasteiger partial charge in [-0.3, -0.25) is 4.79 Å². The third-order valence-electron chi connectivity index (χ3n) is 4.86. The van der Waals surface area contributed by atoms with Gasteiger partial charge in [0.25, 0.3) is 5.91 Å². The van der Waals surface area contributed by atoms with E-state index in [9.17, 15) is 14.3 Å². The highest BCUT2D eigenvalue weighted by molar-refractivity contribution is 5.97. The molecule has 6 heteroatoms. The van der Waals surface area contributed by atoms with Crippen molar-refractivity contribution in [3.63, 3.8) is 0 Å². The van der Waals surface area contributed by atoms with Crippen LogP contribution in [0.25, 0.3) is 11.1 Å². The number of benzene rings is 1.